The molecule has 1 aliphatic heterocycles. The maximum absolute atomic E-state index is 12.9. The number of nitrogens with zero attached hydrogens (tertiary/aromatic N) is 13. The van der Waals surface area contributed by atoms with E-state index in [-0.39, 0.29) is 59.0 Å². The van der Waals surface area contributed by atoms with Gasteiger partial charge in [-0.1, -0.05) is 91.0 Å². The molecule has 6 aromatic heterocycles. The first-order chi connectivity index (χ1) is 54.9. The Morgan fingerprint density at radius 2 is 0.772 bits per heavy atom. The first-order valence-electron chi connectivity index (χ1n) is 36.6. The van der Waals surface area contributed by atoms with E-state index in [0.29, 0.717) is 110 Å². The Balaban J connectivity index is 0.000000169. The van der Waals surface area contributed by atoms with E-state index in [1.807, 2.05) is 195 Å². The van der Waals surface area contributed by atoms with Crippen molar-refractivity contribution in [3.8, 4) is 17.6 Å². The molecule has 1 fully saturated rings. The molecular weight excluding hydrogens is 1450 g/mol. The lowest BCUT2D eigenvalue weighted by molar-refractivity contribution is -0.129. The number of carbonyl (C=O) groups excluding carboxylic acids is 6. The number of likely N-dealkylation sites (N-methyl/N-ethyl adjacent to an activating group) is 4. The van der Waals surface area contributed by atoms with Crippen molar-refractivity contribution in [2.45, 2.75) is 13.3 Å². The molecule has 6 N–H and O–H groups in total. The summed E-state index contributed by atoms with van der Waals surface area (Å²) in [5, 5.41) is 34.5. The molecule has 28 heteroatoms. The molecule has 0 saturated carbocycles. The van der Waals surface area contributed by atoms with Gasteiger partial charge in [0.2, 0.25) is 17.7 Å². The zero-order chi connectivity index (χ0) is 81.3. The smallest absolute Gasteiger partial charge is 0.356 e. The maximum atomic E-state index is 12.9. The molecule has 586 valence electrons. The molecule has 0 radical (unpaired) electrons. The van der Waals surface area contributed by atoms with Crippen molar-refractivity contribution in [3.05, 3.63) is 251 Å². The van der Waals surface area contributed by atoms with Crippen molar-refractivity contribution in [2.24, 2.45) is 15.0 Å². The Labute approximate surface area is 659 Å². The monoisotopic (exact) mass is 1540 g/mol. The molecule has 13 rings (SSSR count). The van der Waals surface area contributed by atoms with Crippen LogP contribution in [0.25, 0.3) is 33.1 Å². The number of methoxy groups -OCH3 is 3. The third-order valence-corrected chi connectivity index (χ3v) is 19.3. The van der Waals surface area contributed by atoms with E-state index in [1.165, 1.54) is 21.3 Å². The number of benzene rings is 6. The van der Waals surface area contributed by atoms with Gasteiger partial charge in [0, 0.05) is 138 Å². The van der Waals surface area contributed by atoms with E-state index in [2.05, 4.69) is 46.8 Å². The number of nitrogens with one attached hydrogen (secondary N) is 3. The molecule has 0 bridgehead atoms. The lowest BCUT2D eigenvalue weighted by Gasteiger charge is -2.32. The summed E-state index contributed by atoms with van der Waals surface area (Å²) < 4.78 is 14.3. The van der Waals surface area contributed by atoms with Crippen molar-refractivity contribution in [1.29, 1.82) is 0 Å². The zero-order valence-corrected chi connectivity index (χ0v) is 65.2. The molecular formula is C86H90N16O12. The van der Waals surface area contributed by atoms with E-state index in [1.54, 1.807) is 79.3 Å². The topological polar surface area (TPSA) is 337 Å². The number of piperazine rings is 1. The molecule has 28 nitrogen and oxygen atoms in total. The minimum absolute atomic E-state index is 0.0355. The van der Waals surface area contributed by atoms with Crippen LogP contribution in [-0.2, 0) is 28.6 Å². The van der Waals surface area contributed by atoms with Crippen LogP contribution in [0.2, 0.25) is 0 Å². The van der Waals surface area contributed by atoms with Gasteiger partial charge in [0.15, 0.2) is 34.7 Å². The number of esters is 3. The number of carbonyl (C=O) groups is 6. The number of amides is 3. The van der Waals surface area contributed by atoms with Crippen LogP contribution in [0.1, 0.15) is 78.2 Å². The molecule has 1 aliphatic rings. The molecule has 114 heavy (non-hydrogen) atoms. The van der Waals surface area contributed by atoms with Crippen LogP contribution >= 0.6 is 0 Å². The van der Waals surface area contributed by atoms with Crippen LogP contribution in [0.4, 0.5) is 34.1 Å². The van der Waals surface area contributed by atoms with Gasteiger partial charge in [0.25, 0.3) is 0 Å². The maximum Gasteiger partial charge on any atom is 0.356 e. The Kier molecular flexibility index (Phi) is 26.5. The van der Waals surface area contributed by atoms with Gasteiger partial charge in [0.05, 0.1) is 85.3 Å². The number of rotatable bonds is 23. The normalized spacial score (nSPS) is 12.6. The second kappa shape index (κ2) is 37.2. The average Bonchev–Trinajstić information content (AvgIpc) is 1.63. The Morgan fingerprint density at radius 3 is 1.11 bits per heavy atom. The number of aromatic amines is 3. The average molecular weight is 1540 g/mol. The highest BCUT2D eigenvalue weighted by molar-refractivity contribution is 6.24. The van der Waals surface area contributed by atoms with Crippen LogP contribution in [0.15, 0.2) is 215 Å². The number of hydrogen-bond acceptors (Lipinski definition) is 22. The number of pyridine rings is 3. The summed E-state index contributed by atoms with van der Waals surface area (Å²) in [4.78, 5) is 122. The van der Waals surface area contributed by atoms with E-state index < -0.39 is 17.9 Å². The lowest BCUT2D eigenvalue weighted by atomic mass is 10.0. The van der Waals surface area contributed by atoms with Crippen LogP contribution in [-0.4, -0.2) is 241 Å². The number of anilines is 3. The van der Waals surface area contributed by atoms with Gasteiger partial charge in [0.1, 0.15) is 16.9 Å². The predicted octanol–water partition coefficient (Wildman–Crippen LogP) is 11.7. The SMILES string of the molecule is CCN(C)C(=O)CN(C)c1ccc(N=C(c2ccccc2)c2c(O)[nH]c3nc(C(=O)OC)ccc23)cc1.COC(=O)c1ccc2c(C(=Nc3ccc(N(C)C(=O)CN4CCN(C)CC4)cc3)c3ccccc3)c(O)[nH]c2n1.COC(=O)c1ccc2c(C(=Nc3ccc(N(C)CCC(=O)N(C)C)cc3)c3ccccc3)c(O)[nH]c2n1. The van der Waals surface area contributed by atoms with Crippen molar-refractivity contribution < 1.29 is 58.3 Å². The second-order valence-corrected chi connectivity index (χ2v) is 27.1. The third kappa shape index (κ3) is 19.5. The van der Waals surface area contributed by atoms with Crippen molar-refractivity contribution in [1.82, 2.24) is 49.5 Å². The predicted molar refractivity (Wildman–Crippen MR) is 442 cm³/mol. The quantitative estimate of drug-likeness (QED) is 0.0197. The molecule has 3 amide bonds. The van der Waals surface area contributed by atoms with E-state index >= 15 is 0 Å². The molecule has 1 saturated heterocycles. The van der Waals surface area contributed by atoms with Gasteiger partial charge in [-0.25, -0.2) is 44.3 Å². The lowest BCUT2D eigenvalue weighted by Crippen LogP contribution is -2.48. The highest BCUT2D eigenvalue weighted by atomic mass is 16.5. The summed E-state index contributed by atoms with van der Waals surface area (Å²) in [7, 11) is 16.8. The Hall–Kier alpha value is -13.9. The highest BCUT2D eigenvalue weighted by Gasteiger charge is 2.27. The van der Waals surface area contributed by atoms with Gasteiger partial charge < -0.3 is 73.9 Å². The van der Waals surface area contributed by atoms with Gasteiger partial charge in [-0.05, 0) is 123 Å². The summed E-state index contributed by atoms with van der Waals surface area (Å²) >= 11 is 0. The van der Waals surface area contributed by atoms with E-state index in [0.717, 1.165) is 59.9 Å². The molecule has 6 aromatic carbocycles. The Bertz CT molecular complexity index is 5510. The largest absolute Gasteiger partial charge is 0.494 e. The minimum atomic E-state index is -0.568. The number of fused-ring (bicyclic) bond motifs is 3. The van der Waals surface area contributed by atoms with Gasteiger partial charge in [-0.15, -0.1) is 0 Å². The first kappa shape index (κ1) is 81.1. The fraction of sp³-hybridized carbons (Fsp3) is 0.233. The molecule has 7 heterocycles. The second-order valence-electron chi connectivity index (χ2n) is 27.1. The van der Waals surface area contributed by atoms with Crippen LogP contribution in [0.3, 0.4) is 0 Å². The van der Waals surface area contributed by atoms with Crippen LogP contribution in [0, 0.1) is 0 Å². The van der Waals surface area contributed by atoms with Gasteiger partial charge >= 0.3 is 17.9 Å². The van der Waals surface area contributed by atoms with E-state index in [9.17, 15) is 44.1 Å². The van der Waals surface area contributed by atoms with Crippen molar-refractivity contribution >= 4 is 120 Å². The molecule has 0 aliphatic carbocycles. The number of hydrogen-bond donors (Lipinski definition) is 6. The fourth-order valence-electron chi connectivity index (χ4n) is 12.5. The summed E-state index contributed by atoms with van der Waals surface area (Å²) in [5.41, 5.74) is 11.5. The molecule has 0 spiro atoms. The molecule has 12 aromatic rings. The zero-order valence-electron chi connectivity index (χ0n) is 65.2. The van der Waals surface area contributed by atoms with Gasteiger partial charge in [-0.2, -0.15) is 0 Å². The number of ether oxygens (including phenoxy) is 3. The summed E-state index contributed by atoms with van der Waals surface area (Å²) in [6.45, 7) is 7.53. The van der Waals surface area contributed by atoms with Crippen LogP contribution < -0.4 is 14.7 Å². The molecule has 0 unspecified atom stereocenters. The van der Waals surface area contributed by atoms with E-state index in [4.69, 9.17) is 29.2 Å². The number of aliphatic imine (C=N–C) groups is 3. The fourth-order valence-corrected chi connectivity index (χ4v) is 12.5. The molecule has 0 atom stereocenters. The third-order valence-electron chi connectivity index (χ3n) is 19.3. The number of aromatic hydroxyl groups is 3. The van der Waals surface area contributed by atoms with Gasteiger partial charge in [-0.3, -0.25) is 19.3 Å². The summed E-state index contributed by atoms with van der Waals surface area (Å²) in [5.74, 6) is -1.87. The van der Waals surface area contributed by atoms with Crippen LogP contribution in [0.5, 0.6) is 17.6 Å². The number of aromatic nitrogens is 6. The van der Waals surface area contributed by atoms with Crippen molar-refractivity contribution in [3.63, 3.8) is 0 Å². The summed E-state index contributed by atoms with van der Waals surface area (Å²) in [6.07, 6.45) is 0.424. The Morgan fingerprint density at radius 1 is 0.430 bits per heavy atom. The summed E-state index contributed by atoms with van der Waals surface area (Å²) in [6, 6.07) is 61.0. The first-order valence-corrected chi connectivity index (χ1v) is 36.6. The standard InChI is InChI=1S/C30H32N6O4.2C28H29N5O4/c1-34-15-17-36(18-16-34)19-25(37)35(2)22-11-9-21(10-12-22)31-27(20-7-5-4-6-8-20)26-23-13-14-24(30(39)40-3)32-28(23)33-29(26)38;1-32(2)23(34)16-17-33(3)20-12-10-19(11-13-20)29-25(18-8-6-5-7-9-18)24-21-14-15-22(28(36)37-4)30-26(21)31-27(24)35;1-5-32(2)23(34)17-33(3)20-13-11-19(12-14-20)29-25(18-9-7-6-8-10-18)24-21-15-16-22(28(36)37-4)30-26(21)31-27(24)35/h4-14,38H,15-19H2,1-3H3,(H,32,33);5-15,35H,16-17H2,1-4H3,(H,30,31);6-16,35H,5,17H2,1-4H3,(H,30,31). The number of H-pyrrole nitrogens is 3. The van der Waals surface area contributed by atoms with Crippen molar-refractivity contribution in [2.75, 3.05) is 138 Å². The highest BCUT2D eigenvalue weighted by Crippen LogP contribution is 2.36. The minimum Gasteiger partial charge on any atom is -0.494 e.